The summed E-state index contributed by atoms with van der Waals surface area (Å²) >= 11 is 0. The number of ether oxygens (including phenoxy) is 2. The first-order chi connectivity index (χ1) is 16.9. The van der Waals surface area contributed by atoms with Crippen LogP contribution in [0.5, 0.6) is 23.0 Å². The predicted molar refractivity (Wildman–Crippen MR) is 132 cm³/mol. The van der Waals surface area contributed by atoms with Gasteiger partial charge in [0.25, 0.3) is 0 Å². The molecule has 2 aliphatic heterocycles. The molecule has 0 unspecified atom stereocenters. The first kappa shape index (κ1) is 24.0. The van der Waals surface area contributed by atoms with Crippen molar-refractivity contribution in [2.24, 2.45) is 0 Å². The largest absolute Gasteiger partial charge is 0.508 e. The predicted octanol–water partition coefficient (Wildman–Crippen LogP) is 7.10. The van der Waals surface area contributed by atoms with Gasteiger partial charge in [-0.15, -0.1) is 0 Å². The molecule has 0 atom stereocenters. The van der Waals surface area contributed by atoms with Crippen LogP contribution in [0, 0.1) is 0 Å². The van der Waals surface area contributed by atoms with Crippen LogP contribution in [0.4, 0.5) is 0 Å². The molecule has 2 aliphatic rings. The average Bonchev–Trinajstić information content (AvgIpc) is 3.49. The van der Waals surface area contributed by atoms with Crippen molar-refractivity contribution in [1.82, 2.24) is 0 Å². The van der Waals surface area contributed by atoms with Gasteiger partial charge in [0.2, 0.25) is 0 Å². The Labute approximate surface area is 204 Å². The molecule has 35 heavy (non-hydrogen) atoms. The van der Waals surface area contributed by atoms with E-state index in [1.165, 1.54) is 29.8 Å². The number of carbonyl (C=O) groups excluding carboxylic acids is 1. The highest BCUT2D eigenvalue weighted by Gasteiger charge is 2.53. The van der Waals surface area contributed by atoms with E-state index in [0.717, 1.165) is 0 Å². The summed E-state index contributed by atoms with van der Waals surface area (Å²) in [5, 5.41) is 19.7. The van der Waals surface area contributed by atoms with Crippen molar-refractivity contribution in [2.75, 3.05) is 0 Å². The Balaban J connectivity index is 0.000000245. The minimum atomic E-state index is -1.17. The van der Waals surface area contributed by atoms with Crippen LogP contribution in [0.15, 0.2) is 83.7 Å². The molecule has 0 fully saturated rings. The summed E-state index contributed by atoms with van der Waals surface area (Å²) in [4.78, 5) is 12.5. The van der Waals surface area contributed by atoms with Gasteiger partial charge >= 0.3 is 5.97 Å². The molecular formula is C29H28O6. The number of phenols is 2. The molecule has 1 spiro atoms. The van der Waals surface area contributed by atoms with Gasteiger partial charge < -0.3 is 24.1 Å². The van der Waals surface area contributed by atoms with Crippen molar-refractivity contribution in [3.05, 3.63) is 107 Å². The summed E-state index contributed by atoms with van der Waals surface area (Å²) in [6.07, 6.45) is 3.49. The number of rotatable bonds is 1. The van der Waals surface area contributed by atoms with Crippen LogP contribution in [-0.2, 0) is 10.3 Å². The minimum absolute atomic E-state index is 0.0371. The number of hydrogen-bond donors (Lipinski definition) is 2. The van der Waals surface area contributed by atoms with Crippen LogP contribution >= 0.6 is 0 Å². The van der Waals surface area contributed by atoms with Gasteiger partial charge in [-0.3, -0.25) is 0 Å². The zero-order chi connectivity index (χ0) is 25.2. The highest BCUT2D eigenvalue weighted by molar-refractivity contribution is 5.97. The number of aromatic hydroxyl groups is 2. The van der Waals surface area contributed by atoms with E-state index in [1.54, 1.807) is 36.8 Å². The molecule has 3 aromatic carbocycles. The monoisotopic (exact) mass is 472 g/mol. The summed E-state index contributed by atoms with van der Waals surface area (Å²) in [5.41, 5.74) is 2.55. The smallest absolute Gasteiger partial charge is 0.340 e. The number of esters is 1. The van der Waals surface area contributed by atoms with Gasteiger partial charge in [-0.05, 0) is 47.9 Å². The summed E-state index contributed by atoms with van der Waals surface area (Å²) in [5.74, 6) is 1.000. The van der Waals surface area contributed by atoms with E-state index < -0.39 is 11.6 Å². The summed E-state index contributed by atoms with van der Waals surface area (Å²) in [6, 6.07) is 18.6. The van der Waals surface area contributed by atoms with E-state index in [2.05, 4.69) is 13.8 Å². The fraction of sp³-hybridized carbons (Fsp3) is 0.207. The second-order valence-corrected chi connectivity index (χ2v) is 8.29. The van der Waals surface area contributed by atoms with Gasteiger partial charge in [0.15, 0.2) is 5.60 Å². The number of carbonyl (C=O) groups is 1. The van der Waals surface area contributed by atoms with Crippen LogP contribution in [0.25, 0.3) is 0 Å². The molecule has 4 aromatic rings. The Morgan fingerprint density at radius 2 is 1.40 bits per heavy atom. The second-order valence-electron chi connectivity index (χ2n) is 8.29. The molecule has 0 saturated heterocycles. The zero-order valence-corrected chi connectivity index (χ0v) is 20.1. The van der Waals surface area contributed by atoms with Crippen molar-refractivity contribution in [3.8, 4) is 23.0 Å². The zero-order valence-electron chi connectivity index (χ0n) is 20.1. The third-order valence-electron chi connectivity index (χ3n) is 5.89. The van der Waals surface area contributed by atoms with Crippen LogP contribution < -0.4 is 4.74 Å². The number of fused-ring (bicyclic) bond motifs is 6. The third kappa shape index (κ3) is 4.12. The lowest BCUT2D eigenvalue weighted by atomic mass is 9.77. The molecule has 0 saturated carbocycles. The minimum Gasteiger partial charge on any atom is -0.508 e. The van der Waals surface area contributed by atoms with E-state index in [-0.39, 0.29) is 11.5 Å². The van der Waals surface area contributed by atoms with E-state index >= 15 is 0 Å². The molecule has 0 bridgehead atoms. The maximum atomic E-state index is 12.5. The molecule has 2 N–H and O–H groups in total. The maximum Gasteiger partial charge on any atom is 0.340 e. The van der Waals surface area contributed by atoms with Gasteiger partial charge in [-0.25, -0.2) is 4.79 Å². The Kier molecular flexibility index (Phi) is 6.56. The van der Waals surface area contributed by atoms with Crippen molar-refractivity contribution >= 4 is 5.97 Å². The van der Waals surface area contributed by atoms with Crippen LogP contribution in [0.1, 0.15) is 66.2 Å². The molecule has 3 heterocycles. The van der Waals surface area contributed by atoms with Crippen LogP contribution in [0.2, 0.25) is 0 Å². The van der Waals surface area contributed by atoms with E-state index in [4.69, 9.17) is 13.9 Å². The molecule has 180 valence electrons. The number of benzene rings is 3. The van der Waals surface area contributed by atoms with E-state index in [0.29, 0.717) is 39.7 Å². The standard InChI is InChI=1S/C20H12O5.C7H10O.C2H6/c21-11-5-7-15-17(9-11)24-18-10-12(22)6-8-16(18)20(15)14-4-2-1-3-13(14)19(23)25-20;1-6(2)7-3-4-8-5-7;1-2/h1-10,21-22H;3-6H,1-2H3;1-2H3. The topological polar surface area (TPSA) is 89.1 Å². The molecular weight excluding hydrogens is 444 g/mol. The Morgan fingerprint density at radius 1 is 0.800 bits per heavy atom. The Morgan fingerprint density at radius 3 is 1.91 bits per heavy atom. The summed E-state index contributed by atoms with van der Waals surface area (Å²) < 4.78 is 16.7. The van der Waals surface area contributed by atoms with E-state index in [9.17, 15) is 15.0 Å². The van der Waals surface area contributed by atoms with Gasteiger partial charge in [0, 0.05) is 28.8 Å². The first-order valence-electron chi connectivity index (χ1n) is 11.6. The highest BCUT2D eigenvalue weighted by atomic mass is 16.6. The lowest BCUT2D eigenvalue weighted by Gasteiger charge is -2.36. The molecule has 6 heteroatoms. The fourth-order valence-electron chi connectivity index (χ4n) is 4.26. The Hall–Kier alpha value is -4.19. The number of furan rings is 1. The molecule has 0 aliphatic carbocycles. The second kappa shape index (κ2) is 9.58. The summed E-state index contributed by atoms with van der Waals surface area (Å²) in [6.45, 7) is 8.29. The fourth-order valence-corrected chi connectivity index (χ4v) is 4.26. The van der Waals surface area contributed by atoms with Crippen molar-refractivity contribution in [1.29, 1.82) is 0 Å². The van der Waals surface area contributed by atoms with Crippen LogP contribution in [-0.4, -0.2) is 16.2 Å². The normalized spacial score (nSPS) is 13.8. The number of phenolic OH excluding ortho intramolecular Hbond substituents is 2. The van der Waals surface area contributed by atoms with E-state index in [1.807, 2.05) is 32.0 Å². The lowest BCUT2D eigenvalue weighted by Crippen LogP contribution is -2.32. The number of hydrogen-bond acceptors (Lipinski definition) is 6. The maximum absolute atomic E-state index is 12.5. The van der Waals surface area contributed by atoms with Crippen molar-refractivity contribution < 1.29 is 28.9 Å². The lowest BCUT2D eigenvalue weighted by molar-refractivity contribution is 0.0224. The molecule has 1 aromatic heterocycles. The average molecular weight is 473 g/mol. The van der Waals surface area contributed by atoms with Gasteiger partial charge in [-0.1, -0.05) is 45.9 Å². The molecule has 0 amide bonds. The molecule has 6 rings (SSSR count). The molecule has 6 nitrogen and oxygen atoms in total. The van der Waals surface area contributed by atoms with Gasteiger partial charge in [0.05, 0.1) is 18.1 Å². The summed E-state index contributed by atoms with van der Waals surface area (Å²) in [7, 11) is 0. The van der Waals surface area contributed by atoms with Gasteiger partial charge in [0.1, 0.15) is 23.0 Å². The first-order valence-corrected chi connectivity index (χ1v) is 11.6. The van der Waals surface area contributed by atoms with Crippen molar-refractivity contribution in [2.45, 2.75) is 39.2 Å². The quantitative estimate of drug-likeness (QED) is 0.287. The van der Waals surface area contributed by atoms with Crippen molar-refractivity contribution in [3.63, 3.8) is 0 Å². The molecule has 0 radical (unpaired) electrons. The van der Waals surface area contributed by atoms with Gasteiger partial charge in [-0.2, -0.15) is 0 Å². The third-order valence-corrected chi connectivity index (χ3v) is 5.89. The highest BCUT2D eigenvalue weighted by Crippen LogP contribution is 2.56. The SMILES string of the molecule is CC.CC(C)c1ccoc1.O=C1OC2(c3ccc(O)cc3Oc3cc(O)ccc32)c2ccccc21. The van der Waals surface area contributed by atoms with Crippen LogP contribution in [0.3, 0.4) is 0 Å². The Bertz CT molecular complexity index is 1290.